The van der Waals surface area contributed by atoms with Crippen LogP contribution < -0.4 is 5.32 Å². The van der Waals surface area contributed by atoms with Crippen LogP contribution in [0, 0.1) is 5.92 Å². The minimum atomic E-state index is -1.01. The van der Waals surface area contributed by atoms with Crippen molar-refractivity contribution in [2.24, 2.45) is 5.92 Å². The molecule has 5 heteroatoms. The van der Waals surface area contributed by atoms with Crippen molar-refractivity contribution in [2.75, 3.05) is 6.61 Å². The highest BCUT2D eigenvalue weighted by Gasteiger charge is 2.30. The highest BCUT2D eigenvalue weighted by atomic mass is 16.6. The van der Waals surface area contributed by atoms with E-state index >= 15 is 0 Å². The summed E-state index contributed by atoms with van der Waals surface area (Å²) >= 11 is 0. The molecule has 3 atom stereocenters. The first-order chi connectivity index (χ1) is 5.11. The second-order valence-electron chi connectivity index (χ2n) is 2.59. The molecule has 11 heavy (non-hydrogen) atoms. The number of nitrogens with one attached hydrogen (secondary N) is 1. The van der Waals surface area contributed by atoms with Gasteiger partial charge in [-0.1, -0.05) is 6.92 Å². The number of aliphatic carboxylic acids is 1. The molecule has 0 bridgehead atoms. The van der Waals surface area contributed by atoms with Gasteiger partial charge in [0.1, 0.15) is 0 Å². The molecule has 1 heterocycles. The van der Waals surface area contributed by atoms with E-state index in [1.54, 1.807) is 6.92 Å². The zero-order valence-electron chi connectivity index (χ0n) is 6.15. The van der Waals surface area contributed by atoms with Crippen molar-refractivity contribution in [1.29, 1.82) is 0 Å². The van der Waals surface area contributed by atoms with Gasteiger partial charge in [-0.15, -0.1) is 0 Å². The monoisotopic (exact) mass is 161 g/mol. The number of hydrogen-bond acceptors (Lipinski definition) is 4. The van der Waals surface area contributed by atoms with Gasteiger partial charge in [0.05, 0.1) is 12.5 Å². The van der Waals surface area contributed by atoms with Gasteiger partial charge in [-0.25, -0.2) is 0 Å². The predicted molar refractivity (Wildman–Crippen MR) is 35.7 cm³/mol. The smallest absolute Gasteiger partial charge is 0.307 e. The lowest BCUT2D eigenvalue weighted by Gasteiger charge is -2.12. The maximum atomic E-state index is 10.4. The second-order valence-corrected chi connectivity index (χ2v) is 2.59. The van der Waals surface area contributed by atoms with Gasteiger partial charge in [0.25, 0.3) is 0 Å². The molecule has 0 saturated carbocycles. The number of carboxylic acids is 1. The summed E-state index contributed by atoms with van der Waals surface area (Å²) in [5.74, 6) is -1.42. The third-order valence-electron chi connectivity index (χ3n) is 1.78. The van der Waals surface area contributed by atoms with Crippen molar-refractivity contribution in [3.05, 3.63) is 0 Å². The molecular weight excluding hydrogens is 150 g/mol. The van der Waals surface area contributed by atoms with E-state index in [0.717, 1.165) is 0 Å². The van der Waals surface area contributed by atoms with Gasteiger partial charge in [0.15, 0.2) is 0 Å². The lowest BCUT2D eigenvalue weighted by atomic mass is 10.0. The van der Waals surface area contributed by atoms with Crippen LogP contribution in [-0.4, -0.2) is 35.2 Å². The number of aliphatic hydroxyl groups is 1. The van der Waals surface area contributed by atoms with Crippen LogP contribution in [0.15, 0.2) is 0 Å². The van der Waals surface area contributed by atoms with Crippen molar-refractivity contribution >= 4 is 5.97 Å². The van der Waals surface area contributed by atoms with Crippen molar-refractivity contribution in [3.63, 3.8) is 0 Å². The Labute approximate surface area is 64.0 Å². The summed E-state index contributed by atoms with van der Waals surface area (Å²) in [6.07, 6.45) is -1.01. The van der Waals surface area contributed by atoms with Gasteiger partial charge in [0.2, 0.25) is 6.41 Å². The van der Waals surface area contributed by atoms with Crippen LogP contribution in [0.3, 0.4) is 0 Å². The average molecular weight is 161 g/mol. The Morgan fingerprint density at radius 3 is 2.82 bits per heavy atom. The maximum Gasteiger partial charge on any atom is 0.307 e. The van der Waals surface area contributed by atoms with E-state index in [-0.39, 0.29) is 12.6 Å². The van der Waals surface area contributed by atoms with Gasteiger partial charge in [-0.05, 0) is 0 Å². The first-order valence-electron chi connectivity index (χ1n) is 3.40. The SMILES string of the molecule is CC(C(=O)O)C1COC(O)N1. The van der Waals surface area contributed by atoms with Crippen molar-refractivity contribution in [1.82, 2.24) is 5.32 Å². The van der Waals surface area contributed by atoms with Gasteiger partial charge in [-0.2, -0.15) is 0 Å². The first kappa shape index (κ1) is 8.45. The summed E-state index contributed by atoms with van der Waals surface area (Å²) in [5, 5.41) is 19.9. The van der Waals surface area contributed by atoms with Gasteiger partial charge in [-0.3, -0.25) is 10.1 Å². The molecule has 1 aliphatic heterocycles. The van der Waals surface area contributed by atoms with Crippen molar-refractivity contribution in [3.8, 4) is 0 Å². The molecular formula is C6H11NO4. The van der Waals surface area contributed by atoms with E-state index in [2.05, 4.69) is 5.32 Å². The molecule has 1 saturated heterocycles. The highest BCUT2D eigenvalue weighted by molar-refractivity contribution is 5.70. The largest absolute Gasteiger partial charge is 0.481 e. The number of rotatable bonds is 2. The molecule has 64 valence electrons. The molecule has 1 aliphatic rings. The number of aliphatic hydroxyl groups excluding tert-OH is 1. The molecule has 0 aromatic heterocycles. The fourth-order valence-electron chi connectivity index (χ4n) is 0.935. The molecule has 0 amide bonds. The Morgan fingerprint density at radius 1 is 1.82 bits per heavy atom. The zero-order chi connectivity index (χ0) is 8.43. The number of carboxylic acid groups (broad SMARTS) is 1. The number of ether oxygens (including phenoxy) is 1. The lowest BCUT2D eigenvalue weighted by Crippen LogP contribution is -2.38. The molecule has 5 nitrogen and oxygen atoms in total. The summed E-state index contributed by atoms with van der Waals surface area (Å²) in [6, 6.07) is -0.289. The van der Waals surface area contributed by atoms with E-state index in [1.165, 1.54) is 0 Å². The second kappa shape index (κ2) is 3.17. The average Bonchev–Trinajstić information content (AvgIpc) is 2.34. The Kier molecular flexibility index (Phi) is 2.43. The number of carbonyl (C=O) groups is 1. The van der Waals surface area contributed by atoms with Crippen LogP contribution in [0.25, 0.3) is 0 Å². The maximum absolute atomic E-state index is 10.4. The predicted octanol–water partition coefficient (Wildman–Crippen LogP) is -1.03. The molecule has 0 spiro atoms. The van der Waals surface area contributed by atoms with E-state index in [9.17, 15) is 4.79 Å². The molecule has 0 aromatic carbocycles. The fourth-order valence-corrected chi connectivity index (χ4v) is 0.935. The Hall–Kier alpha value is -0.650. The Morgan fingerprint density at radius 2 is 2.45 bits per heavy atom. The zero-order valence-corrected chi connectivity index (χ0v) is 6.15. The first-order valence-corrected chi connectivity index (χ1v) is 3.40. The fraction of sp³-hybridized carbons (Fsp3) is 0.833. The molecule has 3 N–H and O–H groups in total. The topological polar surface area (TPSA) is 78.8 Å². The van der Waals surface area contributed by atoms with Crippen LogP contribution in [0.5, 0.6) is 0 Å². The van der Waals surface area contributed by atoms with Gasteiger partial charge in [0, 0.05) is 6.04 Å². The molecule has 3 unspecified atom stereocenters. The normalized spacial score (nSPS) is 33.6. The third kappa shape index (κ3) is 1.89. The standard InChI is InChI=1S/C6H11NO4/c1-3(5(8)9)4-2-11-6(10)7-4/h3-4,6-7,10H,2H2,1H3,(H,8,9). The summed E-state index contributed by atoms with van der Waals surface area (Å²) in [5.41, 5.74) is 0. The van der Waals surface area contributed by atoms with Crippen LogP contribution in [0.1, 0.15) is 6.92 Å². The summed E-state index contributed by atoms with van der Waals surface area (Å²) in [6.45, 7) is 1.82. The van der Waals surface area contributed by atoms with Gasteiger partial charge < -0.3 is 14.9 Å². The van der Waals surface area contributed by atoms with E-state index in [1.807, 2.05) is 0 Å². The minimum Gasteiger partial charge on any atom is -0.481 e. The lowest BCUT2D eigenvalue weighted by molar-refractivity contribution is -0.142. The van der Waals surface area contributed by atoms with Crippen LogP contribution in [0.2, 0.25) is 0 Å². The van der Waals surface area contributed by atoms with E-state index in [4.69, 9.17) is 14.9 Å². The summed E-state index contributed by atoms with van der Waals surface area (Å²) < 4.78 is 4.72. The summed E-state index contributed by atoms with van der Waals surface area (Å²) in [4.78, 5) is 10.4. The van der Waals surface area contributed by atoms with E-state index in [0.29, 0.717) is 0 Å². The van der Waals surface area contributed by atoms with Gasteiger partial charge >= 0.3 is 5.97 Å². The molecule has 1 rings (SSSR count). The molecule has 0 aromatic rings. The quantitative estimate of drug-likeness (QED) is 0.482. The van der Waals surface area contributed by atoms with Crippen molar-refractivity contribution in [2.45, 2.75) is 19.4 Å². The van der Waals surface area contributed by atoms with Crippen LogP contribution >= 0.6 is 0 Å². The minimum absolute atomic E-state index is 0.245. The highest BCUT2D eigenvalue weighted by Crippen LogP contribution is 2.10. The number of hydrogen-bond donors (Lipinski definition) is 3. The third-order valence-corrected chi connectivity index (χ3v) is 1.78. The summed E-state index contributed by atoms with van der Waals surface area (Å²) in [7, 11) is 0. The van der Waals surface area contributed by atoms with Crippen LogP contribution in [0.4, 0.5) is 0 Å². The Bertz CT molecular complexity index is 161. The molecule has 0 aliphatic carbocycles. The van der Waals surface area contributed by atoms with Crippen molar-refractivity contribution < 1.29 is 19.7 Å². The molecule has 0 radical (unpaired) electrons. The molecule has 1 fully saturated rings. The van der Waals surface area contributed by atoms with Crippen LogP contribution in [-0.2, 0) is 9.53 Å². The van der Waals surface area contributed by atoms with E-state index < -0.39 is 18.3 Å². The Balaban J connectivity index is 2.43.